The summed E-state index contributed by atoms with van der Waals surface area (Å²) in [6, 6.07) is 3.73. The summed E-state index contributed by atoms with van der Waals surface area (Å²) >= 11 is 0. The molecule has 0 aliphatic rings. The molecular weight excluding hydrogens is 230 g/mol. The van der Waals surface area contributed by atoms with Crippen LogP contribution in [0.15, 0.2) is 18.2 Å². The van der Waals surface area contributed by atoms with E-state index in [1.165, 1.54) is 13.0 Å². The maximum Gasteiger partial charge on any atom is 0.308 e. The number of aryl methyl sites for hydroxylation is 2. The normalized spacial score (nSPS) is 10.4. The lowest BCUT2D eigenvalue weighted by Gasteiger charge is -2.10. The number of ether oxygens (including phenoxy) is 1. The van der Waals surface area contributed by atoms with Gasteiger partial charge in [-0.05, 0) is 48.7 Å². The molecule has 0 radical (unpaired) electrons. The van der Waals surface area contributed by atoms with E-state index < -0.39 is 0 Å². The van der Waals surface area contributed by atoms with Gasteiger partial charge in [0.1, 0.15) is 5.75 Å². The summed E-state index contributed by atoms with van der Waals surface area (Å²) in [5, 5.41) is 2.51. The highest BCUT2D eigenvalue weighted by molar-refractivity contribution is 5.91. The van der Waals surface area contributed by atoms with Crippen molar-refractivity contribution in [3.8, 4) is 5.75 Å². The Labute approximate surface area is 107 Å². The van der Waals surface area contributed by atoms with Crippen molar-refractivity contribution in [2.24, 2.45) is 0 Å². The Hall–Kier alpha value is -2.10. The fourth-order valence-electron chi connectivity index (χ4n) is 1.64. The average Bonchev–Trinajstić information content (AvgIpc) is 2.30. The van der Waals surface area contributed by atoms with Crippen LogP contribution in [0.5, 0.6) is 5.75 Å². The van der Waals surface area contributed by atoms with Gasteiger partial charge in [-0.2, -0.15) is 0 Å². The van der Waals surface area contributed by atoms with Crippen LogP contribution in [0.25, 0.3) is 6.08 Å². The zero-order chi connectivity index (χ0) is 13.7. The second-order valence-corrected chi connectivity index (χ2v) is 4.03. The smallest absolute Gasteiger partial charge is 0.308 e. The minimum Gasteiger partial charge on any atom is -0.426 e. The standard InChI is InChI=1S/C14H17NO3/c1-9-7-12(5-6-13(17)15-4)8-10(2)14(9)18-11(3)16/h5-8H,1-4H3,(H,15,17)/b6-5+. The molecule has 1 N–H and O–H groups in total. The second-order valence-electron chi connectivity index (χ2n) is 4.03. The van der Waals surface area contributed by atoms with Gasteiger partial charge in [-0.25, -0.2) is 0 Å². The van der Waals surface area contributed by atoms with Gasteiger partial charge in [0.25, 0.3) is 0 Å². The third-order valence-electron chi connectivity index (χ3n) is 2.40. The zero-order valence-electron chi connectivity index (χ0n) is 11.0. The van der Waals surface area contributed by atoms with Crippen molar-refractivity contribution in [3.63, 3.8) is 0 Å². The van der Waals surface area contributed by atoms with Gasteiger partial charge in [-0.15, -0.1) is 0 Å². The molecule has 1 rings (SSSR count). The molecule has 0 bridgehead atoms. The van der Waals surface area contributed by atoms with Crippen LogP contribution in [0.3, 0.4) is 0 Å². The molecule has 0 aromatic heterocycles. The summed E-state index contributed by atoms with van der Waals surface area (Å²) in [7, 11) is 1.58. The molecule has 18 heavy (non-hydrogen) atoms. The van der Waals surface area contributed by atoms with Gasteiger partial charge < -0.3 is 10.1 Å². The van der Waals surface area contributed by atoms with Crippen molar-refractivity contribution in [1.82, 2.24) is 5.32 Å². The highest BCUT2D eigenvalue weighted by Gasteiger charge is 2.07. The SMILES string of the molecule is CNC(=O)/C=C/c1cc(C)c(OC(C)=O)c(C)c1. The van der Waals surface area contributed by atoms with Crippen LogP contribution >= 0.6 is 0 Å². The van der Waals surface area contributed by atoms with Crippen LogP contribution in [-0.2, 0) is 9.59 Å². The first-order chi connectivity index (χ1) is 8.43. The number of carbonyl (C=O) groups excluding carboxylic acids is 2. The Kier molecular flexibility index (Phi) is 4.66. The Balaban J connectivity index is 3.03. The third kappa shape index (κ3) is 3.73. The molecule has 4 heteroatoms. The van der Waals surface area contributed by atoms with E-state index in [0.717, 1.165) is 16.7 Å². The lowest BCUT2D eigenvalue weighted by atomic mass is 10.1. The van der Waals surface area contributed by atoms with Gasteiger partial charge in [0, 0.05) is 20.0 Å². The first-order valence-electron chi connectivity index (χ1n) is 5.63. The number of rotatable bonds is 3. The first kappa shape index (κ1) is 14.0. The molecule has 0 saturated carbocycles. The Morgan fingerprint density at radius 2 is 1.78 bits per heavy atom. The number of nitrogens with one attached hydrogen (secondary N) is 1. The number of carbonyl (C=O) groups is 2. The molecule has 0 fully saturated rings. The average molecular weight is 247 g/mol. The zero-order valence-corrected chi connectivity index (χ0v) is 11.0. The number of hydrogen-bond acceptors (Lipinski definition) is 3. The molecule has 0 aliphatic heterocycles. The summed E-state index contributed by atoms with van der Waals surface area (Å²) in [5.41, 5.74) is 2.62. The van der Waals surface area contributed by atoms with E-state index >= 15 is 0 Å². The lowest BCUT2D eigenvalue weighted by Crippen LogP contribution is -2.13. The molecule has 0 saturated heterocycles. The Morgan fingerprint density at radius 1 is 1.22 bits per heavy atom. The highest BCUT2D eigenvalue weighted by atomic mass is 16.5. The lowest BCUT2D eigenvalue weighted by molar-refractivity contribution is -0.132. The monoisotopic (exact) mass is 247 g/mol. The van der Waals surface area contributed by atoms with Crippen molar-refractivity contribution in [2.45, 2.75) is 20.8 Å². The van der Waals surface area contributed by atoms with Crippen LogP contribution in [-0.4, -0.2) is 18.9 Å². The summed E-state index contributed by atoms with van der Waals surface area (Å²) in [6.07, 6.45) is 3.18. The quantitative estimate of drug-likeness (QED) is 0.505. The summed E-state index contributed by atoms with van der Waals surface area (Å²) < 4.78 is 5.14. The second kappa shape index (κ2) is 6.00. The van der Waals surface area contributed by atoms with E-state index in [0.29, 0.717) is 5.75 Å². The Bertz CT molecular complexity index is 481. The fraction of sp³-hybridized carbons (Fsp3) is 0.286. The molecule has 0 spiro atoms. The van der Waals surface area contributed by atoms with Crippen molar-refractivity contribution >= 4 is 18.0 Å². The maximum atomic E-state index is 11.1. The van der Waals surface area contributed by atoms with Gasteiger partial charge in [0.2, 0.25) is 5.91 Å². The minimum absolute atomic E-state index is 0.158. The molecule has 96 valence electrons. The number of esters is 1. The van der Waals surface area contributed by atoms with Crippen molar-refractivity contribution in [2.75, 3.05) is 7.05 Å². The van der Waals surface area contributed by atoms with E-state index in [-0.39, 0.29) is 11.9 Å². The van der Waals surface area contributed by atoms with E-state index in [4.69, 9.17) is 4.74 Å². The van der Waals surface area contributed by atoms with Crippen LogP contribution in [0.4, 0.5) is 0 Å². The molecule has 0 aliphatic carbocycles. The summed E-state index contributed by atoms with van der Waals surface area (Å²) in [4.78, 5) is 22.1. The van der Waals surface area contributed by atoms with Gasteiger partial charge in [-0.3, -0.25) is 9.59 Å². The number of hydrogen-bond donors (Lipinski definition) is 1. The molecule has 1 amide bonds. The molecule has 1 aromatic carbocycles. The summed E-state index contributed by atoms with van der Waals surface area (Å²) in [5.74, 6) is 0.0869. The van der Waals surface area contributed by atoms with Crippen LogP contribution < -0.4 is 10.1 Å². The molecule has 1 aromatic rings. The maximum absolute atomic E-state index is 11.1. The van der Waals surface area contributed by atoms with E-state index in [9.17, 15) is 9.59 Å². The molecule has 4 nitrogen and oxygen atoms in total. The van der Waals surface area contributed by atoms with Crippen molar-refractivity contribution in [1.29, 1.82) is 0 Å². The largest absolute Gasteiger partial charge is 0.426 e. The number of amides is 1. The van der Waals surface area contributed by atoms with Gasteiger partial charge in [0.15, 0.2) is 0 Å². The van der Waals surface area contributed by atoms with Crippen molar-refractivity contribution in [3.05, 3.63) is 34.9 Å². The van der Waals surface area contributed by atoms with Crippen LogP contribution in [0.2, 0.25) is 0 Å². The predicted octanol–water partition coefficient (Wildman–Crippen LogP) is 1.99. The molecule has 0 atom stereocenters. The molecular formula is C14H17NO3. The van der Waals surface area contributed by atoms with E-state index in [1.54, 1.807) is 13.1 Å². The first-order valence-corrected chi connectivity index (χ1v) is 5.63. The van der Waals surface area contributed by atoms with Crippen LogP contribution in [0, 0.1) is 13.8 Å². The van der Waals surface area contributed by atoms with E-state index in [1.807, 2.05) is 26.0 Å². The topological polar surface area (TPSA) is 55.4 Å². The van der Waals surface area contributed by atoms with Gasteiger partial charge in [-0.1, -0.05) is 0 Å². The van der Waals surface area contributed by atoms with Crippen LogP contribution in [0.1, 0.15) is 23.6 Å². The van der Waals surface area contributed by atoms with Gasteiger partial charge >= 0.3 is 5.97 Å². The number of benzene rings is 1. The molecule has 0 unspecified atom stereocenters. The minimum atomic E-state index is -0.338. The Morgan fingerprint density at radius 3 is 2.22 bits per heavy atom. The van der Waals surface area contributed by atoms with Gasteiger partial charge in [0.05, 0.1) is 0 Å². The molecule has 0 heterocycles. The third-order valence-corrected chi connectivity index (χ3v) is 2.40. The highest BCUT2D eigenvalue weighted by Crippen LogP contribution is 2.25. The predicted molar refractivity (Wildman–Crippen MR) is 70.3 cm³/mol. The fourth-order valence-corrected chi connectivity index (χ4v) is 1.64. The number of likely N-dealkylation sites (N-methyl/N-ethyl adjacent to an activating group) is 1. The van der Waals surface area contributed by atoms with E-state index in [2.05, 4.69) is 5.32 Å². The van der Waals surface area contributed by atoms with Crippen molar-refractivity contribution < 1.29 is 14.3 Å². The summed E-state index contributed by atoms with van der Waals surface area (Å²) in [6.45, 7) is 5.10.